The lowest BCUT2D eigenvalue weighted by atomic mass is 10.2. The second-order valence-electron chi connectivity index (χ2n) is 3.33. The van der Waals surface area contributed by atoms with Gasteiger partial charge in [-0.15, -0.1) is 11.6 Å². The zero-order chi connectivity index (χ0) is 10.8. The Morgan fingerprint density at radius 3 is 2.64 bits per heavy atom. The fourth-order valence-corrected chi connectivity index (χ4v) is 1.92. The maximum absolute atomic E-state index is 11.9. The highest BCUT2D eigenvalue weighted by Crippen LogP contribution is 2.25. The van der Waals surface area contributed by atoms with Crippen molar-refractivity contribution in [1.29, 1.82) is 0 Å². The fraction of sp³-hybridized carbons (Fsp3) is 0.875. The van der Waals surface area contributed by atoms with E-state index in [-0.39, 0.29) is 11.9 Å². The standard InChI is InChI=1S/C8H11ClF3NO/c9-5-6-2-1-3-13(6)7(14)4-8(10,11)12/h6H,1-5H2. The first-order chi connectivity index (χ1) is 6.44. The molecule has 82 valence electrons. The molecule has 0 bridgehead atoms. The lowest BCUT2D eigenvalue weighted by Gasteiger charge is -2.23. The number of hydrogen-bond acceptors (Lipinski definition) is 1. The highest BCUT2D eigenvalue weighted by atomic mass is 35.5. The van der Waals surface area contributed by atoms with E-state index in [0.29, 0.717) is 13.0 Å². The number of alkyl halides is 4. The SMILES string of the molecule is O=C(CC(F)(F)F)N1CCCC1CCl. The third kappa shape index (κ3) is 3.04. The van der Waals surface area contributed by atoms with Crippen LogP contribution in [0.4, 0.5) is 13.2 Å². The van der Waals surface area contributed by atoms with Gasteiger partial charge in [0, 0.05) is 18.5 Å². The topological polar surface area (TPSA) is 20.3 Å². The zero-order valence-electron chi connectivity index (χ0n) is 7.48. The van der Waals surface area contributed by atoms with Crippen LogP contribution >= 0.6 is 11.6 Å². The molecule has 14 heavy (non-hydrogen) atoms. The summed E-state index contributed by atoms with van der Waals surface area (Å²) in [6.07, 6.45) is -4.36. The van der Waals surface area contributed by atoms with Crippen LogP contribution in [0.2, 0.25) is 0 Å². The molecule has 0 aromatic rings. The van der Waals surface area contributed by atoms with E-state index in [9.17, 15) is 18.0 Å². The Morgan fingerprint density at radius 2 is 2.14 bits per heavy atom. The molecule has 0 aliphatic carbocycles. The average molecular weight is 230 g/mol. The summed E-state index contributed by atoms with van der Waals surface area (Å²) in [5.41, 5.74) is 0. The van der Waals surface area contributed by atoms with E-state index >= 15 is 0 Å². The monoisotopic (exact) mass is 229 g/mol. The van der Waals surface area contributed by atoms with Crippen LogP contribution in [0.1, 0.15) is 19.3 Å². The minimum absolute atomic E-state index is 0.212. The molecule has 1 amide bonds. The van der Waals surface area contributed by atoms with Gasteiger partial charge in [0.2, 0.25) is 5.91 Å². The second-order valence-corrected chi connectivity index (χ2v) is 3.64. The summed E-state index contributed by atoms with van der Waals surface area (Å²) < 4.78 is 35.7. The molecule has 0 N–H and O–H groups in total. The third-order valence-electron chi connectivity index (χ3n) is 2.23. The van der Waals surface area contributed by atoms with Crippen LogP contribution in [-0.2, 0) is 4.79 Å². The van der Waals surface area contributed by atoms with Crippen molar-refractivity contribution in [2.75, 3.05) is 12.4 Å². The number of rotatable bonds is 2. The van der Waals surface area contributed by atoms with Gasteiger partial charge in [0.25, 0.3) is 0 Å². The van der Waals surface area contributed by atoms with Crippen LogP contribution in [0.15, 0.2) is 0 Å². The van der Waals surface area contributed by atoms with Crippen LogP contribution in [0.25, 0.3) is 0 Å². The maximum Gasteiger partial charge on any atom is 0.397 e. The van der Waals surface area contributed by atoms with Gasteiger partial charge in [-0.1, -0.05) is 0 Å². The molecule has 1 heterocycles. The molecule has 0 aromatic heterocycles. The van der Waals surface area contributed by atoms with Crippen LogP contribution in [0, 0.1) is 0 Å². The minimum Gasteiger partial charge on any atom is -0.338 e. The molecule has 1 fully saturated rings. The van der Waals surface area contributed by atoms with Crippen molar-refractivity contribution in [3.63, 3.8) is 0 Å². The van der Waals surface area contributed by atoms with Crippen molar-refractivity contribution in [2.45, 2.75) is 31.5 Å². The van der Waals surface area contributed by atoms with E-state index in [1.807, 2.05) is 0 Å². The summed E-state index contributed by atoms with van der Waals surface area (Å²) >= 11 is 5.54. The van der Waals surface area contributed by atoms with Crippen molar-refractivity contribution in [2.24, 2.45) is 0 Å². The Bertz CT molecular complexity index is 219. The first kappa shape index (κ1) is 11.6. The quantitative estimate of drug-likeness (QED) is 0.665. The van der Waals surface area contributed by atoms with E-state index in [1.54, 1.807) is 0 Å². The summed E-state index contributed by atoms with van der Waals surface area (Å²) in [5, 5.41) is 0. The van der Waals surface area contributed by atoms with Crippen LogP contribution in [0.3, 0.4) is 0 Å². The second kappa shape index (κ2) is 4.38. The predicted octanol–water partition coefficient (Wildman–Crippen LogP) is 2.17. The average Bonchev–Trinajstić information content (AvgIpc) is 2.47. The maximum atomic E-state index is 11.9. The Labute approximate surface area is 85.0 Å². The minimum atomic E-state index is -4.42. The van der Waals surface area contributed by atoms with Gasteiger partial charge in [-0.05, 0) is 12.8 Å². The van der Waals surface area contributed by atoms with Crippen molar-refractivity contribution in [3.05, 3.63) is 0 Å². The number of halogens is 4. The molecule has 1 aliphatic heterocycles. The molecule has 1 rings (SSSR count). The largest absolute Gasteiger partial charge is 0.397 e. The Kier molecular flexibility index (Phi) is 3.64. The Hall–Kier alpha value is -0.450. The van der Waals surface area contributed by atoms with Gasteiger partial charge in [0.15, 0.2) is 0 Å². The van der Waals surface area contributed by atoms with E-state index in [0.717, 1.165) is 6.42 Å². The number of hydrogen-bond donors (Lipinski definition) is 0. The molecule has 1 unspecified atom stereocenters. The van der Waals surface area contributed by atoms with Crippen molar-refractivity contribution in [3.8, 4) is 0 Å². The molecule has 2 nitrogen and oxygen atoms in total. The zero-order valence-corrected chi connectivity index (χ0v) is 8.24. The Balaban J connectivity index is 2.52. The smallest absolute Gasteiger partial charge is 0.338 e. The summed E-state index contributed by atoms with van der Waals surface area (Å²) in [6.45, 7) is 0.395. The number of nitrogens with zero attached hydrogens (tertiary/aromatic N) is 1. The van der Waals surface area contributed by atoms with Crippen LogP contribution in [-0.4, -0.2) is 35.4 Å². The number of likely N-dealkylation sites (tertiary alicyclic amines) is 1. The fourth-order valence-electron chi connectivity index (χ4n) is 1.60. The molecular weight excluding hydrogens is 219 g/mol. The molecule has 0 aromatic carbocycles. The van der Waals surface area contributed by atoms with E-state index in [2.05, 4.69) is 0 Å². The molecule has 1 atom stereocenters. The van der Waals surface area contributed by atoms with Crippen molar-refractivity contribution < 1.29 is 18.0 Å². The molecule has 0 saturated carbocycles. The molecule has 1 saturated heterocycles. The number of carbonyl (C=O) groups excluding carboxylic acids is 1. The van der Waals surface area contributed by atoms with Gasteiger partial charge in [-0.3, -0.25) is 4.79 Å². The van der Waals surface area contributed by atoms with E-state index in [1.165, 1.54) is 4.90 Å². The molecule has 6 heteroatoms. The van der Waals surface area contributed by atoms with Gasteiger partial charge in [-0.2, -0.15) is 13.2 Å². The molecule has 1 aliphatic rings. The van der Waals surface area contributed by atoms with E-state index < -0.39 is 18.5 Å². The Morgan fingerprint density at radius 1 is 1.50 bits per heavy atom. The molecule has 0 spiro atoms. The van der Waals surface area contributed by atoms with Gasteiger partial charge < -0.3 is 4.90 Å². The van der Waals surface area contributed by atoms with Crippen molar-refractivity contribution in [1.82, 2.24) is 4.90 Å². The summed E-state index contributed by atoms with van der Waals surface area (Å²) in [6, 6.07) is -0.216. The normalized spacial score (nSPS) is 22.9. The van der Waals surface area contributed by atoms with Crippen LogP contribution in [0.5, 0.6) is 0 Å². The highest BCUT2D eigenvalue weighted by molar-refractivity contribution is 6.18. The first-order valence-electron chi connectivity index (χ1n) is 4.36. The van der Waals surface area contributed by atoms with Gasteiger partial charge in [0.1, 0.15) is 6.42 Å². The lowest BCUT2D eigenvalue weighted by Crippen LogP contribution is -2.38. The van der Waals surface area contributed by atoms with Gasteiger partial charge in [-0.25, -0.2) is 0 Å². The summed E-state index contributed by atoms with van der Waals surface area (Å²) in [7, 11) is 0. The van der Waals surface area contributed by atoms with Gasteiger partial charge >= 0.3 is 6.18 Å². The molecular formula is C8H11ClF3NO. The molecule has 0 radical (unpaired) electrons. The van der Waals surface area contributed by atoms with Crippen molar-refractivity contribution >= 4 is 17.5 Å². The number of carbonyl (C=O) groups is 1. The first-order valence-corrected chi connectivity index (χ1v) is 4.89. The van der Waals surface area contributed by atoms with Gasteiger partial charge in [0.05, 0.1) is 0 Å². The number of amides is 1. The van der Waals surface area contributed by atoms with Crippen LogP contribution < -0.4 is 0 Å². The predicted molar refractivity (Wildman–Crippen MR) is 46.1 cm³/mol. The summed E-state index contributed by atoms with van der Waals surface area (Å²) in [4.78, 5) is 12.4. The lowest BCUT2D eigenvalue weighted by molar-refractivity contribution is -0.161. The highest BCUT2D eigenvalue weighted by Gasteiger charge is 2.36. The summed E-state index contributed by atoms with van der Waals surface area (Å²) in [5.74, 6) is -0.649. The third-order valence-corrected chi connectivity index (χ3v) is 2.58. The van der Waals surface area contributed by atoms with E-state index in [4.69, 9.17) is 11.6 Å².